The zero-order valence-electron chi connectivity index (χ0n) is 25.0. The number of fused-ring (bicyclic) bond motifs is 1. The number of halogens is 1. The first-order chi connectivity index (χ1) is 20.7. The van der Waals surface area contributed by atoms with Gasteiger partial charge in [0.1, 0.15) is 41.0 Å². The first-order valence-corrected chi connectivity index (χ1v) is 14.6. The maximum atomic E-state index is 15.3. The first kappa shape index (κ1) is 28.9. The molecule has 10 nitrogen and oxygen atoms in total. The van der Waals surface area contributed by atoms with Crippen LogP contribution in [0.2, 0.25) is 0 Å². The molecule has 0 atom stereocenters. The van der Waals surface area contributed by atoms with Crippen LogP contribution in [0.25, 0.3) is 10.9 Å². The van der Waals surface area contributed by atoms with Gasteiger partial charge in [0.15, 0.2) is 0 Å². The van der Waals surface area contributed by atoms with Crippen molar-refractivity contribution >= 4 is 33.9 Å². The highest BCUT2D eigenvalue weighted by Crippen LogP contribution is 2.36. The third-order valence-electron chi connectivity index (χ3n) is 8.39. The van der Waals surface area contributed by atoms with Crippen molar-refractivity contribution in [3.05, 3.63) is 60.8 Å². The number of hydrogen-bond donors (Lipinski definition) is 3. The Bertz CT molecular complexity index is 1600. The molecule has 4 heterocycles. The Morgan fingerprint density at radius 1 is 0.977 bits per heavy atom. The molecule has 2 aliphatic rings. The number of methoxy groups -OCH3 is 1. The molecule has 2 fully saturated rings. The molecule has 0 spiro atoms. The van der Waals surface area contributed by atoms with Gasteiger partial charge >= 0.3 is 0 Å². The molecule has 2 aromatic heterocycles. The predicted molar refractivity (Wildman–Crippen MR) is 166 cm³/mol. The average Bonchev–Trinajstić information content (AvgIpc) is 2.94. The number of piperidine rings is 1. The molecule has 11 heteroatoms. The number of anilines is 4. The third-order valence-corrected chi connectivity index (χ3v) is 8.39. The molecule has 0 saturated carbocycles. The fourth-order valence-electron chi connectivity index (χ4n) is 5.51. The van der Waals surface area contributed by atoms with Crippen molar-refractivity contribution < 1.29 is 19.0 Å². The number of benzene rings is 2. The van der Waals surface area contributed by atoms with Gasteiger partial charge in [0.2, 0.25) is 0 Å². The van der Waals surface area contributed by atoms with E-state index in [4.69, 9.17) is 9.47 Å². The highest BCUT2D eigenvalue weighted by molar-refractivity contribution is 5.95. The Labute approximate surface area is 250 Å². The molecule has 4 aromatic rings. The maximum Gasteiger partial charge on any atom is 0.150 e. The Balaban J connectivity index is 1.17. The smallest absolute Gasteiger partial charge is 0.150 e. The second kappa shape index (κ2) is 11.8. The van der Waals surface area contributed by atoms with Gasteiger partial charge < -0.3 is 35.0 Å². The second-order valence-electron chi connectivity index (χ2n) is 12.0. The highest BCUT2D eigenvalue weighted by Gasteiger charge is 2.38. The van der Waals surface area contributed by atoms with Crippen LogP contribution in [-0.2, 0) is 0 Å². The van der Waals surface area contributed by atoms with E-state index in [-0.39, 0.29) is 11.6 Å². The Kier molecular flexibility index (Phi) is 7.93. The van der Waals surface area contributed by atoms with Crippen molar-refractivity contribution in [2.75, 3.05) is 55.9 Å². The lowest BCUT2D eigenvalue weighted by Gasteiger charge is -2.45. The molecule has 43 heavy (non-hydrogen) atoms. The molecule has 6 rings (SSSR count). The molecule has 0 amide bonds. The zero-order chi connectivity index (χ0) is 30.1. The molecule has 0 unspecified atom stereocenters. The molecule has 2 aliphatic heterocycles. The van der Waals surface area contributed by atoms with E-state index in [1.54, 1.807) is 31.5 Å². The summed E-state index contributed by atoms with van der Waals surface area (Å²) in [5, 5.41) is 17.7. The molecular weight excluding hydrogens is 549 g/mol. The lowest BCUT2D eigenvalue weighted by Crippen LogP contribution is -2.56. The van der Waals surface area contributed by atoms with Gasteiger partial charge in [0, 0.05) is 54.8 Å². The van der Waals surface area contributed by atoms with E-state index < -0.39 is 11.4 Å². The lowest BCUT2D eigenvalue weighted by atomic mass is 9.84. The number of hydrogen-bond acceptors (Lipinski definition) is 10. The van der Waals surface area contributed by atoms with Crippen molar-refractivity contribution in [3.8, 4) is 17.2 Å². The number of nitrogens with one attached hydrogen (secondary N) is 2. The van der Waals surface area contributed by atoms with Crippen LogP contribution < -0.4 is 25.0 Å². The van der Waals surface area contributed by atoms with Crippen molar-refractivity contribution in [1.82, 2.24) is 19.9 Å². The van der Waals surface area contributed by atoms with Gasteiger partial charge in [0.05, 0.1) is 29.6 Å². The summed E-state index contributed by atoms with van der Waals surface area (Å²) >= 11 is 0. The Hall–Kier alpha value is -4.22. The molecule has 3 N–H and O–H groups in total. The number of pyridine rings is 1. The fraction of sp³-hybridized carbons (Fsp3) is 0.406. The van der Waals surface area contributed by atoms with E-state index in [0.717, 1.165) is 55.9 Å². The van der Waals surface area contributed by atoms with E-state index in [0.29, 0.717) is 34.6 Å². The molecule has 0 aliphatic carbocycles. The van der Waals surface area contributed by atoms with Crippen molar-refractivity contribution in [2.45, 2.75) is 38.3 Å². The summed E-state index contributed by atoms with van der Waals surface area (Å²) in [6.07, 6.45) is 5.19. The highest BCUT2D eigenvalue weighted by atomic mass is 19.1. The van der Waals surface area contributed by atoms with Crippen molar-refractivity contribution in [2.24, 2.45) is 5.92 Å². The number of nitrogens with zero attached hydrogens (tertiary/aromatic N) is 5. The topological polar surface area (TPSA) is 108 Å². The molecule has 0 radical (unpaired) electrons. The molecular formula is C32H38FN7O3. The van der Waals surface area contributed by atoms with Gasteiger partial charge in [-0.2, -0.15) is 0 Å². The van der Waals surface area contributed by atoms with Gasteiger partial charge in [-0.3, -0.25) is 0 Å². The van der Waals surface area contributed by atoms with Gasteiger partial charge in [-0.1, -0.05) is 0 Å². The normalized spacial score (nSPS) is 16.7. The molecule has 2 saturated heterocycles. The van der Waals surface area contributed by atoms with Crippen LogP contribution in [0.15, 0.2) is 55.0 Å². The molecule has 226 valence electrons. The summed E-state index contributed by atoms with van der Waals surface area (Å²) in [6.45, 7) is 7.15. The van der Waals surface area contributed by atoms with Crippen LogP contribution in [0.4, 0.5) is 27.4 Å². The summed E-state index contributed by atoms with van der Waals surface area (Å²) in [5.41, 5.74) is 1.08. The minimum absolute atomic E-state index is 0.184. The second-order valence-corrected chi connectivity index (χ2v) is 12.0. The SMILES string of the molecule is COc1cc2ncnc(Nc3ccc(Oc4ccnc(N5CC(C(C)(C)O)C5)c4)cc3F)c2cc1NC1CCN(C)CC1. The lowest BCUT2D eigenvalue weighted by molar-refractivity contribution is 0.00438. The van der Waals surface area contributed by atoms with Gasteiger partial charge in [-0.05, 0) is 71.1 Å². The van der Waals surface area contributed by atoms with Crippen LogP contribution in [-0.4, -0.2) is 76.9 Å². The minimum Gasteiger partial charge on any atom is -0.495 e. The van der Waals surface area contributed by atoms with E-state index in [1.165, 1.54) is 12.4 Å². The predicted octanol–water partition coefficient (Wildman–Crippen LogP) is 5.42. The summed E-state index contributed by atoms with van der Waals surface area (Å²) in [6, 6.07) is 12.4. The van der Waals surface area contributed by atoms with E-state index >= 15 is 4.39 Å². The van der Waals surface area contributed by atoms with Crippen LogP contribution in [0, 0.1) is 11.7 Å². The third kappa shape index (κ3) is 6.42. The summed E-state index contributed by atoms with van der Waals surface area (Å²) < 4.78 is 27.0. The van der Waals surface area contributed by atoms with Gasteiger partial charge in [-0.25, -0.2) is 19.3 Å². The molecule has 2 aromatic carbocycles. The van der Waals surface area contributed by atoms with Crippen LogP contribution >= 0.6 is 0 Å². The minimum atomic E-state index is -0.728. The average molecular weight is 588 g/mol. The van der Waals surface area contributed by atoms with Crippen LogP contribution in [0.5, 0.6) is 17.2 Å². The van der Waals surface area contributed by atoms with E-state index in [1.807, 2.05) is 32.0 Å². The summed E-state index contributed by atoms with van der Waals surface area (Å²) in [7, 11) is 3.78. The van der Waals surface area contributed by atoms with E-state index in [2.05, 4.69) is 42.4 Å². The quantitative estimate of drug-likeness (QED) is 0.235. The largest absolute Gasteiger partial charge is 0.495 e. The monoisotopic (exact) mass is 587 g/mol. The van der Waals surface area contributed by atoms with Crippen molar-refractivity contribution in [3.63, 3.8) is 0 Å². The van der Waals surface area contributed by atoms with Crippen molar-refractivity contribution in [1.29, 1.82) is 0 Å². The Morgan fingerprint density at radius 2 is 1.74 bits per heavy atom. The number of aliphatic hydroxyl groups is 1. The van der Waals surface area contributed by atoms with Gasteiger partial charge in [0.25, 0.3) is 0 Å². The van der Waals surface area contributed by atoms with Crippen LogP contribution in [0.3, 0.4) is 0 Å². The number of likely N-dealkylation sites (tertiary alicyclic amines) is 1. The fourth-order valence-corrected chi connectivity index (χ4v) is 5.51. The van der Waals surface area contributed by atoms with Gasteiger partial charge in [-0.15, -0.1) is 0 Å². The first-order valence-electron chi connectivity index (χ1n) is 14.6. The summed E-state index contributed by atoms with van der Waals surface area (Å²) in [5.74, 6) is 2.57. The zero-order valence-corrected chi connectivity index (χ0v) is 25.0. The maximum absolute atomic E-state index is 15.3. The summed E-state index contributed by atoms with van der Waals surface area (Å²) in [4.78, 5) is 17.7. The van der Waals surface area contributed by atoms with Crippen LogP contribution in [0.1, 0.15) is 26.7 Å². The number of rotatable bonds is 9. The number of aromatic nitrogens is 3. The number of ether oxygens (including phenoxy) is 2. The Morgan fingerprint density at radius 3 is 2.47 bits per heavy atom. The molecule has 0 bridgehead atoms. The van der Waals surface area contributed by atoms with E-state index in [9.17, 15) is 5.11 Å². The standard InChI is InChI=1S/C32H38FN7O3/c1-32(2,41)20-17-40(18-20)30-14-23(7-10-34-30)43-22-5-6-26(25(33)13-22)38-31-24-15-28(37-21-8-11-39(3)12-9-21)29(42-4)16-27(24)35-19-36-31/h5-7,10,13-16,19-21,37,41H,8-9,11-12,17-18H2,1-4H3,(H,35,36,38).